The van der Waals surface area contributed by atoms with Gasteiger partial charge in [0.2, 0.25) is 0 Å². The molecule has 0 aromatic carbocycles. The number of hydrogen-bond acceptors (Lipinski definition) is 11. The van der Waals surface area contributed by atoms with Crippen molar-refractivity contribution in [2.45, 2.75) is 74.4 Å². The number of nitrogens with two attached hydrogens (primary N) is 2. The summed E-state index contributed by atoms with van der Waals surface area (Å²) in [6, 6.07) is -0.852. The molecule has 1 saturated carbocycles. The summed E-state index contributed by atoms with van der Waals surface area (Å²) in [7, 11) is 0. The molecule has 1 saturated heterocycles. The molecule has 0 radical (unpaired) electrons. The summed E-state index contributed by atoms with van der Waals surface area (Å²) in [4.78, 5) is 20.3. The monoisotopic (exact) mass is 379 g/mol. The lowest BCUT2D eigenvalue weighted by Crippen LogP contribution is -2.66. The van der Waals surface area contributed by atoms with Gasteiger partial charge in [-0.05, 0) is 13.3 Å². The Morgan fingerprint density at radius 3 is 2.00 bits per heavy atom. The first-order valence-corrected chi connectivity index (χ1v) is 7.89. The van der Waals surface area contributed by atoms with Gasteiger partial charge in [0.1, 0.15) is 36.6 Å². The average molecular weight is 379 g/mol. The van der Waals surface area contributed by atoms with E-state index < -0.39 is 49.0 Å². The minimum absolute atomic E-state index is 0.242. The van der Waals surface area contributed by atoms with Crippen molar-refractivity contribution in [1.82, 2.24) is 0 Å². The van der Waals surface area contributed by atoms with Crippen LogP contribution in [0, 0.1) is 0 Å². The summed E-state index contributed by atoms with van der Waals surface area (Å²) in [6.07, 6.45) is -9.08. The molecule has 0 amide bonds. The molecule has 8 unspecified atom stereocenters. The van der Waals surface area contributed by atoms with Crippen LogP contribution in [-0.2, 0) is 19.1 Å². The highest BCUT2D eigenvalue weighted by molar-refractivity contribution is 5.51. The molecule has 9 N–H and O–H groups in total. The number of ether oxygens (including phenoxy) is 2. The molecule has 1 heterocycles. The molecule has 1 aliphatic carbocycles. The van der Waals surface area contributed by atoms with E-state index in [9.17, 15) is 25.5 Å². The Balaban J connectivity index is 0.00000105. The molecule has 0 bridgehead atoms. The van der Waals surface area contributed by atoms with Gasteiger partial charge in [-0.1, -0.05) is 0 Å². The highest BCUT2D eigenvalue weighted by Crippen LogP contribution is 2.28. The summed E-state index contributed by atoms with van der Waals surface area (Å²) in [6.45, 7) is 1.75. The van der Waals surface area contributed by atoms with Crippen LogP contribution in [0.25, 0.3) is 0 Å². The lowest BCUT2D eigenvalue weighted by molar-refractivity contribution is -0.293. The topological polar surface area (TPSA) is 218 Å². The summed E-state index contributed by atoms with van der Waals surface area (Å²) in [5, 5.41) is 48.9. The zero-order chi connectivity index (χ0) is 20.0. The second kappa shape index (κ2) is 10.0. The molecular formula is C14H25N3O9. The van der Waals surface area contributed by atoms with E-state index in [1.54, 1.807) is 6.92 Å². The van der Waals surface area contributed by atoms with Crippen molar-refractivity contribution < 1.29 is 44.6 Å². The molecular weight excluding hydrogens is 354 g/mol. The molecule has 26 heavy (non-hydrogen) atoms. The van der Waals surface area contributed by atoms with E-state index in [4.69, 9.17) is 30.5 Å². The third-order valence-corrected chi connectivity index (χ3v) is 4.40. The Hall–Kier alpha value is -1.47. The highest BCUT2D eigenvalue weighted by Gasteiger charge is 2.50. The minimum Gasteiger partial charge on any atom is -0.390 e. The second-order valence-corrected chi connectivity index (χ2v) is 6.11. The van der Waals surface area contributed by atoms with Crippen LogP contribution in [0.5, 0.6) is 0 Å². The quantitative estimate of drug-likeness (QED) is 0.183. The van der Waals surface area contributed by atoms with Gasteiger partial charge in [-0.3, -0.25) is 4.99 Å². The average Bonchev–Trinajstić information content (AvgIpc) is 2.60. The maximum atomic E-state index is 9.97. The number of aliphatic imine (C=N–C) groups is 1. The van der Waals surface area contributed by atoms with Crippen LogP contribution in [-0.4, -0.2) is 99.1 Å². The third-order valence-electron chi connectivity index (χ3n) is 4.40. The molecule has 150 valence electrons. The lowest BCUT2D eigenvalue weighted by atomic mass is 9.84. The van der Waals surface area contributed by atoms with Crippen molar-refractivity contribution in [3.05, 3.63) is 0 Å². The van der Waals surface area contributed by atoms with Gasteiger partial charge in [0, 0.05) is 0 Å². The highest BCUT2D eigenvalue weighted by atomic mass is 16.7. The zero-order valence-electron chi connectivity index (χ0n) is 14.0. The van der Waals surface area contributed by atoms with E-state index in [0.717, 1.165) is 0 Å². The maximum Gasteiger partial charge on any atom is 0.373 e. The van der Waals surface area contributed by atoms with Crippen molar-refractivity contribution in [3.8, 4) is 0 Å². The van der Waals surface area contributed by atoms with Crippen molar-refractivity contribution >= 4 is 12.5 Å². The van der Waals surface area contributed by atoms with E-state index in [0.29, 0.717) is 6.42 Å². The summed E-state index contributed by atoms with van der Waals surface area (Å²) >= 11 is 0. The van der Waals surface area contributed by atoms with Gasteiger partial charge in [0.05, 0.1) is 24.5 Å². The molecule has 2 rings (SSSR count). The van der Waals surface area contributed by atoms with Gasteiger partial charge in [-0.15, -0.1) is 0 Å². The van der Waals surface area contributed by atoms with Crippen LogP contribution < -0.4 is 11.5 Å². The number of carbonyl (C=O) groups excluding carboxylic acids is 2. The molecule has 0 spiro atoms. The van der Waals surface area contributed by atoms with Crippen LogP contribution in [0.1, 0.15) is 13.3 Å². The fraction of sp³-hybridized carbons (Fsp3) is 0.857. The lowest BCUT2D eigenvalue weighted by Gasteiger charge is -2.45. The van der Waals surface area contributed by atoms with E-state index in [1.807, 2.05) is 0 Å². The molecule has 0 aromatic rings. The van der Waals surface area contributed by atoms with Gasteiger partial charge in [-0.25, -0.2) is 0 Å². The third kappa shape index (κ3) is 5.04. The summed E-state index contributed by atoms with van der Waals surface area (Å²) in [5.74, 6) is 0. The van der Waals surface area contributed by atoms with Gasteiger partial charge in [-0.2, -0.15) is 9.59 Å². The standard InChI is InChI=1S/C13H25N3O7.CO2/c1-4-6(16-3-14)2-5(15)13(22-4)23-12-10(20)8(18)7(17)9(19)11(12)21;2-1-3/h3-13,17-21H,2,15H2,1H3,(H2,14,16);. The predicted molar refractivity (Wildman–Crippen MR) is 83.3 cm³/mol. The smallest absolute Gasteiger partial charge is 0.373 e. The van der Waals surface area contributed by atoms with Gasteiger partial charge < -0.3 is 46.5 Å². The van der Waals surface area contributed by atoms with Crippen LogP contribution in [0.4, 0.5) is 0 Å². The predicted octanol–water partition coefficient (Wildman–Crippen LogP) is -4.58. The SMILES string of the molecule is CC1OC(OC2C(O)C(O)C(O)C(O)C2O)C(N)CC1N=CN.O=C=O. The zero-order valence-corrected chi connectivity index (χ0v) is 14.0. The van der Waals surface area contributed by atoms with Gasteiger partial charge >= 0.3 is 6.15 Å². The molecule has 8 atom stereocenters. The van der Waals surface area contributed by atoms with Crippen molar-refractivity contribution in [1.29, 1.82) is 0 Å². The van der Waals surface area contributed by atoms with Crippen molar-refractivity contribution in [2.24, 2.45) is 16.5 Å². The van der Waals surface area contributed by atoms with Crippen molar-refractivity contribution in [2.75, 3.05) is 0 Å². The largest absolute Gasteiger partial charge is 0.390 e. The fourth-order valence-electron chi connectivity index (χ4n) is 2.92. The van der Waals surface area contributed by atoms with E-state index in [2.05, 4.69) is 4.99 Å². The summed E-state index contributed by atoms with van der Waals surface area (Å²) in [5.41, 5.74) is 11.2. The minimum atomic E-state index is -1.68. The Morgan fingerprint density at radius 1 is 1.08 bits per heavy atom. The van der Waals surface area contributed by atoms with Crippen LogP contribution in [0.3, 0.4) is 0 Å². The second-order valence-electron chi connectivity index (χ2n) is 6.11. The van der Waals surface area contributed by atoms with Crippen molar-refractivity contribution in [3.63, 3.8) is 0 Å². The number of nitrogens with zero attached hydrogens (tertiary/aromatic N) is 1. The van der Waals surface area contributed by atoms with Crippen LogP contribution in [0.15, 0.2) is 4.99 Å². The Kier molecular flexibility index (Phi) is 8.70. The van der Waals surface area contributed by atoms with Gasteiger partial charge in [0.25, 0.3) is 0 Å². The van der Waals surface area contributed by atoms with Crippen LogP contribution in [0.2, 0.25) is 0 Å². The fourth-order valence-corrected chi connectivity index (χ4v) is 2.92. The van der Waals surface area contributed by atoms with E-state index in [-0.39, 0.29) is 18.3 Å². The molecule has 0 aromatic heterocycles. The number of aliphatic hydroxyl groups excluding tert-OH is 5. The number of rotatable bonds is 3. The molecule has 12 heteroatoms. The molecule has 12 nitrogen and oxygen atoms in total. The Bertz CT molecular complexity index is 486. The Labute approximate surface area is 149 Å². The van der Waals surface area contributed by atoms with Gasteiger partial charge in [0.15, 0.2) is 6.29 Å². The Morgan fingerprint density at radius 2 is 1.54 bits per heavy atom. The van der Waals surface area contributed by atoms with E-state index in [1.165, 1.54) is 6.34 Å². The molecule has 2 aliphatic rings. The first kappa shape index (κ1) is 22.6. The molecule has 2 fully saturated rings. The van der Waals surface area contributed by atoms with Crippen LogP contribution >= 0.6 is 0 Å². The first-order valence-electron chi connectivity index (χ1n) is 7.89. The summed E-state index contributed by atoms with van der Waals surface area (Å²) < 4.78 is 11.1. The number of hydrogen-bond donors (Lipinski definition) is 7. The number of aliphatic hydroxyl groups is 5. The normalized spacial score (nSPS) is 46.3. The molecule has 1 aliphatic heterocycles. The maximum absolute atomic E-state index is 9.97. The van der Waals surface area contributed by atoms with E-state index >= 15 is 0 Å². The first-order chi connectivity index (χ1) is 12.2.